The van der Waals surface area contributed by atoms with Gasteiger partial charge in [-0.15, -0.1) is 0 Å². The third-order valence-corrected chi connectivity index (χ3v) is 4.52. The molecule has 0 N–H and O–H groups in total. The average Bonchev–Trinajstić information content (AvgIpc) is 2.75. The van der Waals surface area contributed by atoms with Crippen LogP contribution in [-0.4, -0.2) is 37.0 Å². The molecule has 0 saturated carbocycles. The fraction of sp³-hybridized carbons (Fsp3) is 0.391. The first-order valence-corrected chi connectivity index (χ1v) is 9.69. The van der Waals surface area contributed by atoms with Crippen molar-refractivity contribution in [1.29, 1.82) is 0 Å². The molecular weight excluding hydrogens is 354 g/mol. The Hall–Kier alpha value is -2.82. The van der Waals surface area contributed by atoms with Gasteiger partial charge in [-0.2, -0.15) is 0 Å². The van der Waals surface area contributed by atoms with E-state index in [0.29, 0.717) is 31.0 Å². The first-order valence-electron chi connectivity index (χ1n) is 9.69. The molecule has 1 unspecified atom stereocenters. The van der Waals surface area contributed by atoms with E-state index in [9.17, 15) is 9.59 Å². The molecule has 0 spiro atoms. The zero-order chi connectivity index (χ0) is 20.4. The molecule has 5 heteroatoms. The van der Waals surface area contributed by atoms with Gasteiger partial charge in [-0.3, -0.25) is 9.59 Å². The van der Waals surface area contributed by atoms with Crippen LogP contribution in [0.2, 0.25) is 0 Å². The molecular formula is C23H29NO4. The second-order valence-corrected chi connectivity index (χ2v) is 6.83. The van der Waals surface area contributed by atoms with Gasteiger partial charge < -0.3 is 14.4 Å². The third kappa shape index (κ3) is 6.41. The minimum Gasteiger partial charge on any atom is -0.489 e. The number of methoxy groups -OCH3 is 1. The maximum Gasteiger partial charge on any atom is 0.310 e. The Morgan fingerprint density at radius 1 is 1.04 bits per heavy atom. The van der Waals surface area contributed by atoms with Crippen molar-refractivity contribution in [3.05, 3.63) is 65.7 Å². The van der Waals surface area contributed by atoms with E-state index in [-0.39, 0.29) is 17.8 Å². The van der Waals surface area contributed by atoms with Crippen molar-refractivity contribution in [2.24, 2.45) is 5.92 Å². The topological polar surface area (TPSA) is 55.8 Å². The number of hydrogen-bond donors (Lipinski definition) is 0. The summed E-state index contributed by atoms with van der Waals surface area (Å²) in [5.41, 5.74) is 1.67. The van der Waals surface area contributed by atoms with E-state index in [1.165, 1.54) is 7.11 Å². The Morgan fingerprint density at radius 3 is 2.32 bits per heavy atom. The van der Waals surface area contributed by atoms with Gasteiger partial charge >= 0.3 is 5.97 Å². The highest BCUT2D eigenvalue weighted by atomic mass is 16.5. The molecule has 1 atom stereocenters. The van der Waals surface area contributed by atoms with Crippen molar-refractivity contribution in [3.63, 3.8) is 0 Å². The lowest BCUT2D eigenvalue weighted by Crippen LogP contribution is -2.38. The van der Waals surface area contributed by atoms with Crippen molar-refractivity contribution in [1.82, 2.24) is 4.90 Å². The lowest BCUT2D eigenvalue weighted by Gasteiger charge is -2.25. The van der Waals surface area contributed by atoms with Gasteiger partial charge in [0.25, 0.3) is 5.91 Å². The van der Waals surface area contributed by atoms with Crippen molar-refractivity contribution >= 4 is 11.9 Å². The van der Waals surface area contributed by atoms with E-state index in [1.807, 2.05) is 30.3 Å². The van der Waals surface area contributed by atoms with Gasteiger partial charge in [-0.1, -0.05) is 50.6 Å². The molecule has 150 valence electrons. The zero-order valence-electron chi connectivity index (χ0n) is 16.9. The number of unbranched alkanes of at least 4 members (excludes halogenated alkanes) is 1. The van der Waals surface area contributed by atoms with Gasteiger partial charge in [0.1, 0.15) is 12.4 Å². The van der Waals surface area contributed by atoms with Crippen molar-refractivity contribution in [3.8, 4) is 5.75 Å². The molecule has 0 radical (unpaired) electrons. The predicted octanol–water partition coefficient (Wildman–Crippen LogP) is 4.32. The highest BCUT2D eigenvalue weighted by Crippen LogP contribution is 2.17. The van der Waals surface area contributed by atoms with Crippen LogP contribution in [-0.2, 0) is 16.1 Å². The largest absolute Gasteiger partial charge is 0.489 e. The Kier molecular flexibility index (Phi) is 8.53. The summed E-state index contributed by atoms with van der Waals surface area (Å²) in [5, 5.41) is 0. The smallest absolute Gasteiger partial charge is 0.310 e. The molecule has 2 aromatic carbocycles. The molecule has 2 aromatic rings. The second kappa shape index (κ2) is 11.1. The molecule has 0 bridgehead atoms. The minimum absolute atomic E-state index is 0.0844. The van der Waals surface area contributed by atoms with Crippen LogP contribution in [0.15, 0.2) is 54.6 Å². The summed E-state index contributed by atoms with van der Waals surface area (Å²) in [5.74, 6) is -0.0412. The molecule has 0 aliphatic carbocycles. The molecule has 0 aromatic heterocycles. The van der Waals surface area contributed by atoms with Crippen LogP contribution < -0.4 is 4.74 Å². The number of ether oxygens (including phenoxy) is 2. The van der Waals surface area contributed by atoms with Gasteiger partial charge in [-0.25, -0.2) is 0 Å². The van der Waals surface area contributed by atoms with Crippen molar-refractivity contribution in [2.45, 2.75) is 33.3 Å². The van der Waals surface area contributed by atoms with Gasteiger partial charge in [-0.05, 0) is 36.2 Å². The normalized spacial score (nSPS) is 11.5. The molecule has 2 rings (SSSR count). The van der Waals surface area contributed by atoms with Gasteiger partial charge in [0, 0.05) is 18.7 Å². The van der Waals surface area contributed by atoms with E-state index in [4.69, 9.17) is 9.47 Å². The minimum atomic E-state index is -0.362. The molecule has 0 fully saturated rings. The Labute approximate surface area is 167 Å². The van der Waals surface area contributed by atoms with Crippen molar-refractivity contribution in [2.75, 3.05) is 20.2 Å². The van der Waals surface area contributed by atoms with Crippen molar-refractivity contribution < 1.29 is 19.1 Å². The van der Waals surface area contributed by atoms with Crippen LogP contribution in [0.5, 0.6) is 5.75 Å². The molecule has 0 heterocycles. The van der Waals surface area contributed by atoms with E-state index < -0.39 is 0 Å². The summed E-state index contributed by atoms with van der Waals surface area (Å²) >= 11 is 0. The summed E-state index contributed by atoms with van der Waals surface area (Å²) in [6.07, 6.45) is 1.86. The quantitative estimate of drug-likeness (QED) is 0.574. The van der Waals surface area contributed by atoms with Crippen LogP contribution in [0.1, 0.15) is 42.6 Å². The fourth-order valence-corrected chi connectivity index (χ4v) is 2.85. The molecule has 1 amide bonds. The number of rotatable bonds is 10. The number of esters is 1. The first kappa shape index (κ1) is 21.5. The fourth-order valence-electron chi connectivity index (χ4n) is 2.85. The number of nitrogens with zero attached hydrogens (tertiary/aromatic N) is 1. The van der Waals surface area contributed by atoms with Crippen LogP contribution in [0.25, 0.3) is 0 Å². The maximum atomic E-state index is 12.9. The Bertz CT molecular complexity index is 743. The maximum absolute atomic E-state index is 12.9. The summed E-state index contributed by atoms with van der Waals surface area (Å²) in [6, 6.07) is 17.1. The first-order chi connectivity index (χ1) is 13.5. The van der Waals surface area contributed by atoms with Gasteiger partial charge in [0.2, 0.25) is 0 Å². The van der Waals surface area contributed by atoms with E-state index >= 15 is 0 Å². The van der Waals surface area contributed by atoms with Crippen LogP contribution in [0.3, 0.4) is 0 Å². The Balaban J connectivity index is 2.01. The highest BCUT2D eigenvalue weighted by Gasteiger charge is 2.22. The van der Waals surface area contributed by atoms with Gasteiger partial charge in [0.05, 0.1) is 13.0 Å². The number of carbonyl (C=O) groups is 2. The Morgan fingerprint density at radius 2 is 1.71 bits per heavy atom. The molecule has 0 aliphatic rings. The van der Waals surface area contributed by atoms with E-state index in [1.54, 1.807) is 36.1 Å². The summed E-state index contributed by atoms with van der Waals surface area (Å²) in [7, 11) is 1.37. The van der Waals surface area contributed by atoms with E-state index in [0.717, 1.165) is 18.4 Å². The molecule has 5 nitrogen and oxygen atoms in total. The monoisotopic (exact) mass is 383 g/mol. The second-order valence-electron chi connectivity index (χ2n) is 6.83. The number of benzene rings is 2. The summed E-state index contributed by atoms with van der Waals surface area (Å²) in [6.45, 7) is 5.29. The molecule has 0 saturated heterocycles. The predicted molar refractivity (Wildman–Crippen MR) is 109 cm³/mol. The van der Waals surface area contributed by atoms with E-state index in [2.05, 4.69) is 6.92 Å². The lowest BCUT2D eigenvalue weighted by molar-refractivity contribution is -0.145. The summed E-state index contributed by atoms with van der Waals surface area (Å²) < 4.78 is 10.6. The number of carbonyl (C=O) groups excluding carboxylic acids is 2. The standard InChI is InChI=1S/C23H29NO4/c1-4-5-15-24(16-18(2)23(26)27-3)22(25)20-11-13-21(14-12-20)28-17-19-9-7-6-8-10-19/h6-14,18H,4-5,15-17H2,1-3H3. The highest BCUT2D eigenvalue weighted by molar-refractivity contribution is 5.94. The van der Waals surface area contributed by atoms with Gasteiger partial charge in [0.15, 0.2) is 0 Å². The van der Waals surface area contributed by atoms with Crippen LogP contribution >= 0.6 is 0 Å². The number of hydrogen-bond acceptors (Lipinski definition) is 4. The molecule has 28 heavy (non-hydrogen) atoms. The SMILES string of the molecule is CCCCN(CC(C)C(=O)OC)C(=O)c1ccc(OCc2ccccc2)cc1. The number of amides is 1. The zero-order valence-corrected chi connectivity index (χ0v) is 16.9. The lowest BCUT2D eigenvalue weighted by atomic mass is 10.1. The third-order valence-electron chi connectivity index (χ3n) is 4.52. The average molecular weight is 383 g/mol. The van der Waals surface area contributed by atoms with Crippen LogP contribution in [0, 0.1) is 5.92 Å². The summed E-state index contributed by atoms with van der Waals surface area (Å²) in [4.78, 5) is 26.4. The molecule has 0 aliphatic heterocycles. The van der Waals surface area contributed by atoms with Crippen LogP contribution in [0.4, 0.5) is 0 Å².